The van der Waals surface area contributed by atoms with Crippen molar-refractivity contribution in [2.75, 3.05) is 0 Å². The van der Waals surface area contributed by atoms with Crippen LogP contribution in [-0.2, 0) is 33.1 Å². The fourth-order valence-corrected chi connectivity index (χ4v) is 7.48. The van der Waals surface area contributed by atoms with Crippen LogP contribution in [0.15, 0.2) is 46.2 Å². The normalized spacial score (nSPS) is 11.6. The van der Waals surface area contributed by atoms with E-state index in [1.54, 1.807) is 12.1 Å². The van der Waals surface area contributed by atoms with Crippen molar-refractivity contribution in [2.24, 2.45) is 0 Å². The average molecular weight is 715 g/mol. The third kappa shape index (κ3) is 19.3. The van der Waals surface area contributed by atoms with Crippen LogP contribution in [0.5, 0.6) is 11.5 Å². The molecule has 0 fully saturated rings. The molecule has 0 radical (unpaired) electrons. The van der Waals surface area contributed by atoms with E-state index in [4.69, 9.17) is 4.74 Å². The van der Waals surface area contributed by atoms with Crippen LogP contribution in [0, 0.1) is 0 Å². The van der Waals surface area contributed by atoms with Gasteiger partial charge in [0, 0.05) is 11.1 Å². The van der Waals surface area contributed by atoms with E-state index >= 15 is 0 Å². The van der Waals surface area contributed by atoms with E-state index in [-0.39, 0.29) is 80.4 Å². The maximum atomic E-state index is 12.3. The molecule has 0 spiro atoms. The summed E-state index contributed by atoms with van der Waals surface area (Å²) in [7, 11) is -9.00. The van der Waals surface area contributed by atoms with E-state index < -0.39 is 20.2 Å². The van der Waals surface area contributed by atoms with Gasteiger partial charge >= 0.3 is 59.1 Å². The molecule has 7 nitrogen and oxygen atoms in total. The molecule has 0 saturated heterocycles. The Labute approximate surface area is 330 Å². The van der Waals surface area contributed by atoms with E-state index in [0.29, 0.717) is 24.0 Å². The molecule has 0 unspecified atom stereocenters. The molecule has 0 aliphatic heterocycles. The number of hydrogen-bond acceptors (Lipinski definition) is 5. The number of hydrogen-bond donors (Lipinski definition) is 2. The first-order chi connectivity index (χ1) is 21.6. The Bertz CT molecular complexity index is 1230. The third-order valence-electron chi connectivity index (χ3n) is 8.52. The average Bonchev–Trinajstić information content (AvgIpc) is 2.99. The fraction of sp³-hybridized carbons (Fsp3) is 0.667. The van der Waals surface area contributed by atoms with Gasteiger partial charge in [0.15, 0.2) is 0 Å². The molecule has 0 heterocycles. The van der Waals surface area contributed by atoms with E-state index in [1.165, 1.54) is 101 Å². The molecular weight excluding hydrogens is 655 g/mol. The van der Waals surface area contributed by atoms with Crippen molar-refractivity contribution in [3.05, 3.63) is 47.5 Å². The Balaban J connectivity index is 0.0000106. The van der Waals surface area contributed by atoms with E-state index in [1.807, 2.05) is 0 Å². The summed E-state index contributed by atoms with van der Waals surface area (Å²) in [6.07, 6.45) is 23.6. The monoisotopic (exact) mass is 714 g/mol. The minimum absolute atomic E-state index is 0. The van der Waals surface area contributed by atoms with Crippen molar-refractivity contribution in [3.63, 3.8) is 0 Å². The van der Waals surface area contributed by atoms with Crippen LogP contribution in [0.4, 0.5) is 0 Å². The second-order valence-electron chi connectivity index (χ2n) is 12.4. The van der Waals surface area contributed by atoms with E-state index in [9.17, 15) is 25.9 Å². The van der Waals surface area contributed by atoms with Gasteiger partial charge in [-0.1, -0.05) is 142 Å². The molecule has 11 heteroatoms. The second kappa shape index (κ2) is 26.8. The Morgan fingerprint density at radius 1 is 0.468 bits per heavy atom. The number of ether oxygens (including phenoxy) is 1. The van der Waals surface area contributed by atoms with Gasteiger partial charge in [-0.05, 0) is 49.9 Å². The Hall–Kier alpha value is 0.0600. The zero-order valence-corrected chi connectivity index (χ0v) is 29.4. The van der Waals surface area contributed by atoms with Crippen molar-refractivity contribution in [2.45, 2.75) is 165 Å². The second-order valence-corrected chi connectivity index (χ2v) is 15.2. The van der Waals surface area contributed by atoms with Crippen LogP contribution < -0.4 is 4.74 Å². The molecule has 0 saturated carbocycles. The van der Waals surface area contributed by atoms with Crippen LogP contribution in [0.2, 0.25) is 0 Å². The summed E-state index contributed by atoms with van der Waals surface area (Å²) in [6.45, 7) is 4.43. The van der Waals surface area contributed by atoms with Crippen LogP contribution in [0.1, 0.15) is 153 Å². The molecule has 2 aromatic carbocycles. The summed E-state index contributed by atoms with van der Waals surface area (Å²) in [6, 6.07) is 9.04. The van der Waals surface area contributed by atoms with Gasteiger partial charge < -0.3 is 4.74 Å². The quantitative estimate of drug-likeness (QED) is 0.0566. The zero-order valence-electron chi connectivity index (χ0n) is 27.8. The van der Waals surface area contributed by atoms with Crippen molar-refractivity contribution in [3.8, 4) is 11.5 Å². The predicted octanol–water partition coefficient (Wildman–Crippen LogP) is 9.60. The minimum atomic E-state index is -4.50. The van der Waals surface area contributed by atoms with E-state index in [2.05, 4.69) is 13.8 Å². The first-order valence-corrected chi connectivity index (χ1v) is 20.3. The molecule has 2 N–H and O–H groups in total. The molecule has 260 valence electrons. The summed E-state index contributed by atoms with van der Waals surface area (Å²) in [5.41, 5.74) is 0.753. The topological polar surface area (TPSA) is 118 Å². The molecule has 0 aliphatic carbocycles. The summed E-state index contributed by atoms with van der Waals surface area (Å²) in [5, 5.41) is 0. The van der Waals surface area contributed by atoms with Crippen LogP contribution in [0.3, 0.4) is 0 Å². The Morgan fingerprint density at radius 3 is 1.02 bits per heavy atom. The first kappa shape index (κ1) is 47.1. The van der Waals surface area contributed by atoms with Gasteiger partial charge in [-0.25, -0.2) is 0 Å². The first-order valence-electron chi connectivity index (χ1n) is 17.5. The molecule has 0 atom stereocenters. The Kier molecular flexibility index (Phi) is 26.8. The number of rotatable bonds is 26. The summed E-state index contributed by atoms with van der Waals surface area (Å²) >= 11 is 0. The van der Waals surface area contributed by atoms with Crippen molar-refractivity contribution < 1.29 is 30.7 Å². The molecule has 47 heavy (non-hydrogen) atoms. The van der Waals surface area contributed by atoms with Crippen LogP contribution >= 0.6 is 0 Å². The van der Waals surface area contributed by atoms with Gasteiger partial charge in [0.05, 0.1) is 0 Å². The standard InChI is InChI=1S/C36H58O7S2.2Na.2H/c1-3-5-7-9-11-13-15-17-19-21-25-31-33(27-23-29-35(31)44(37,38)39)43-34-28-24-30-36(45(40,41)42)32(34)26-22-20-18-16-14-12-10-8-6-4-2;;;;/h23-24,27-30H,3-22,25-26H2,1-2H3,(H,37,38,39)(H,40,41,42);;;;. The molecule has 2 aromatic rings. The van der Waals surface area contributed by atoms with Gasteiger partial charge in [0.2, 0.25) is 0 Å². The molecule has 0 amide bonds. The summed E-state index contributed by atoms with van der Waals surface area (Å²) in [4.78, 5) is -0.392. The molecule has 0 bridgehead atoms. The van der Waals surface area contributed by atoms with Gasteiger partial charge in [-0.2, -0.15) is 16.8 Å². The van der Waals surface area contributed by atoms with Crippen molar-refractivity contribution in [1.82, 2.24) is 0 Å². The van der Waals surface area contributed by atoms with Crippen LogP contribution in [-0.4, -0.2) is 85.1 Å². The molecule has 0 aromatic heterocycles. The fourth-order valence-electron chi connectivity index (χ4n) is 5.96. The third-order valence-corrected chi connectivity index (χ3v) is 10.4. The van der Waals surface area contributed by atoms with Crippen molar-refractivity contribution in [1.29, 1.82) is 0 Å². The predicted molar refractivity (Wildman–Crippen MR) is 198 cm³/mol. The van der Waals surface area contributed by atoms with Crippen molar-refractivity contribution >= 4 is 79.4 Å². The maximum absolute atomic E-state index is 12.3. The SMILES string of the molecule is CCCCCCCCCCCCc1c(Oc2cccc(S(=O)(=O)O)c2CCCCCCCCCCCC)cccc1S(=O)(=O)O.[NaH].[NaH]. The molecular formula is C36H60Na2O7S2. The van der Waals surface area contributed by atoms with Gasteiger partial charge in [0.1, 0.15) is 21.3 Å². The number of benzene rings is 2. The Morgan fingerprint density at radius 2 is 0.745 bits per heavy atom. The molecule has 0 aliphatic rings. The van der Waals surface area contributed by atoms with Crippen LogP contribution in [0.25, 0.3) is 0 Å². The van der Waals surface area contributed by atoms with Gasteiger partial charge in [-0.15, -0.1) is 0 Å². The van der Waals surface area contributed by atoms with Gasteiger partial charge in [0.25, 0.3) is 20.2 Å². The van der Waals surface area contributed by atoms with Gasteiger partial charge in [-0.3, -0.25) is 9.11 Å². The molecule has 2 rings (SSSR count). The zero-order chi connectivity index (χ0) is 33.0. The summed E-state index contributed by atoms with van der Waals surface area (Å²) in [5.74, 6) is 0.524. The number of unbranched alkanes of at least 4 members (excludes halogenated alkanes) is 18. The van der Waals surface area contributed by atoms with E-state index in [0.717, 1.165) is 51.4 Å². The summed E-state index contributed by atoms with van der Waals surface area (Å²) < 4.78 is 75.4.